The molecule has 0 unspecified atom stereocenters. The Morgan fingerprint density at radius 2 is 2.00 bits per heavy atom. The molecule has 2 heterocycles. The van der Waals surface area contributed by atoms with Crippen molar-refractivity contribution in [3.63, 3.8) is 0 Å². The predicted molar refractivity (Wildman–Crippen MR) is 97.3 cm³/mol. The van der Waals surface area contributed by atoms with E-state index in [1.807, 2.05) is 22.2 Å². The first-order valence-electron chi connectivity index (χ1n) is 7.18. The Hall–Kier alpha value is -2.38. The van der Waals surface area contributed by atoms with E-state index in [2.05, 4.69) is 10.3 Å². The van der Waals surface area contributed by atoms with Crippen LogP contribution in [0.5, 0.6) is 11.5 Å². The van der Waals surface area contributed by atoms with E-state index >= 15 is 0 Å². The van der Waals surface area contributed by atoms with Crippen LogP contribution < -0.4 is 14.8 Å². The number of aromatic nitrogens is 1. The lowest BCUT2D eigenvalue weighted by Gasteiger charge is -2.10. The second-order valence-electron chi connectivity index (χ2n) is 4.95. The number of amides is 1. The summed E-state index contributed by atoms with van der Waals surface area (Å²) in [6.45, 7) is 0. The lowest BCUT2D eigenvalue weighted by Crippen LogP contribution is -2.14. The van der Waals surface area contributed by atoms with E-state index in [0.717, 1.165) is 16.3 Å². The van der Waals surface area contributed by atoms with Crippen molar-refractivity contribution in [2.24, 2.45) is 0 Å². The van der Waals surface area contributed by atoms with Gasteiger partial charge in [-0.05, 0) is 23.6 Å². The summed E-state index contributed by atoms with van der Waals surface area (Å²) in [5.41, 5.74) is 2.52. The van der Waals surface area contributed by atoms with E-state index < -0.39 is 0 Å². The number of anilines is 1. The zero-order valence-electron chi connectivity index (χ0n) is 13.2. The summed E-state index contributed by atoms with van der Waals surface area (Å²) in [5, 5.41) is 9.77. The van der Waals surface area contributed by atoms with Gasteiger partial charge in [-0.15, -0.1) is 11.3 Å². The Bertz CT molecular complexity index is 828. The molecule has 3 rings (SSSR count). The van der Waals surface area contributed by atoms with Crippen molar-refractivity contribution in [2.75, 3.05) is 19.5 Å². The van der Waals surface area contributed by atoms with Crippen molar-refractivity contribution in [1.29, 1.82) is 0 Å². The molecule has 1 aromatic carbocycles. The molecule has 1 amide bonds. The van der Waals surface area contributed by atoms with Gasteiger partial charge in [-0.1, -0.05) is 0 Å². The van der Waals surface area contributed by atoms with E-state index in [4.69, 9.17) is 9.47 Å². The molecule has 0 aliphatic heterocycles. The largest absolute Gasteiger partial charge is 0.493 e. The molecule has 0 atom stereocenters. The fourth-order valence-corrected chi connectivity index (χ4v) is 3.72. The van der Waals surface area contributed by atoms with Gasteiger partial charge < -0.3 is 14.8 Å². The number of nitrogens with one attached hydrogen (secondary N) is 1. The Labute approximate surface area is 147 Å². The van der Waals surface area contributed by atoms with Crippen molar-refractivity contribution >= 4 is 34.3 Å². The van der Waals surface area contributed by atoms with Gasteiger partial charge in [0, 0.05) is 28.1 Å². The first kappa shape index (κ1) is 16.5. The number of nitrogens with zero attached hydrogens (tertiary/aromatic N) is 1. The van der Waals surface area contributed by atoms with Crippen molar-refractivity contribution in [1.82, 2.24) is 4.98 Å². The average Bonchev–Trinajstić information content (AvgIpc) is 3.25. The molecular formula is C17H16N2O3S2. The maximum atomic E-state index is 12.2. The minimum atomic E-state index is -0.121. The number of hydrogen-bond donors (Lipinski definition) is 1. The molecular weight excluding hydrogens is 344 g/mol. The van der Waals surface area contributed by atoms with Gasteiger partial charge in [-0.3, -0.25) is 4.79 Å². The zero-order chi connectivity index (χ0) is 16.9. The molecule has 24 heavy (non-hydrogen) atoms. The normalized spacial score (nSPS) is 10.4. The second kappa shape index (κ2) is 7.46. The quantitative estimate of drug-likeness (QED) is 0.720. The molecule has 5 nitrogen and oxygen atoms in total. The van der Waals surface area contributed by atoms with Crippen molar-refractivity contribution in [2.45, 2.75) is 6.42 Å². The fraction of sp³-hybridized carbons (Fsp3) is 0.176. The summed E-state index contributed by atoms with van der Waals surface area (Å²) in [4.78, 5) is 16.7. The van der Waals surface area contributed by atoms with E-state index in [1.54, 1.807) is 55.1 Å². The topological polar surface area (TPSA) is 60.5 Å². The zero-order valence-corrected chi connectivity index (χ0v) is 14.9. The molecule has 1 N–H and O–H groups in total. The smallest absolute Gasteiger partial charge is 0.230 e. The van der Waals surface area contributed by atoms with E-state index in [9.17, 15) is 4.79 Å². The van der Waals surface area contributed by atoms with Crippen molar-refractivity contribution < 1.29 is 14.3 Å². The number of carbonyl (C=O) groups excluding carboxylic acids is 1. The van der Waals surface area contributed by atoms with Gasteiger partial charge in [-0.2, -0.15) is 11.3 Å². The van der Waals surface area contributed by atoms with Crippen LogP contribution in [-0.4, -0.2) is 25.1 Å². The molecule has 0 saturated carbocycles. The maximum absolute atomic E-state index is 12.2. The molecule has 0 radical (unpaired) electrons. The monoisotopic (exact) mass is 360 g/mol. The number of hydrogen-bond acceptors (Lipinski definition) is 6. The first-order valence-corrected chi connectivity index (χ1v) is 9.00. The number of rotatable bonds is 6. The molecule has 0 fully saturated rings. The van der Waals surface area contributed by atoms with Gasteiger partial charge >= 0.3 is 0 Å². The third kappa shape index (κ3) is 3.74. The van der Waals surface area contributed by atoms with Crippen LogP contribution in [0.1, 0.15) is 5.69 Å². The number of thiazole rings is 1. The second-order valence-corrected chi connectivity index (χ2v) is 6.59. The van der Waals surface area contributed by atoms with Crippen LogP contribution in [0.25, 0.3) is 10.6 Å². The van der Waals surface area contributed by atoms with Gasteiger partial charge in [0.2, 0.25) is 5.91 Å². The van der Waals surface area contributed by atoms with Crippen LogP contribution >= 0.6 is 22.7 Å². The fourth-order valence-electron chi connectivity index (χ4n) is 2.19. The number of benzene rings is 1. The molecule has 7 heteroatoms. The highest BCUT2D eigenvalue weighted by molar-refractivity contribution is 7.14. The van der Waals surface area contributed by atoms with Crippen LogP contribution in [0, 0.1) is 0 Å². The Morgan fingerprint density at radius 3 is 2.71 bits per heavy atom. The van der Waals surface area contributed by atoms with Gasteiger partial charge in [-0.25, -0.2) is 4.98 Å². The third-order valence-corrected chi connectivity index (χ3v) is 4.95. The number of methoxy groups -OCH3 is 2. The number of carbonyl (C=O) groups is 1. The molecule has 0 spiro atoms. The number of ether oxygens (including phenoxy) is 2. The highest BCUT2D eigenvalue weighted by atomic mass is 32.1. The lowest BCUT2D eigenvalue weighted by molar-refractivity contribution is -0.115. The summed E-state index contributed by atoms with van der Waals surface area (Å²) in [7, 11) is 3.13. The molecule has 2 aromatic heterocycles. The number of thiophene rings is 1. The average molecular weight is 360 g/mol. The SMILES string of the molecule is COc1ccc(NC(=O)Cc2csc(-c3ccsc3)n2)cc1OC. The minimum absolute atomic E-state index is 0.121. The Morgan fingerprint density at radius 1 is 1.17 bits per heavy atom. The summed E-state index contributed by atoms with van der Waals surface area (Å²) in [6.07, 6.45) is 0.231. The molecule has 124 valence electrons. The van der Waals surface area contributed by atoms with E-state index in [0.29, 0.717) is 17.2 Å². The third-order valence-electron chi connectivity index (χ3n) is 3.33. The molecule has 0 aliphatic carbocycles. The lowest BCUT2D eigenvalue weighted by atomic mass is 10.2. The van der Waals surface area contributed by atoms with Gasteiger partial charge in [0.15, 0.2) is 11.5 Å². The maximum Gasteiger partial charge on any atom is 0.230 e. The standard InChI is InChI=1S/C17H16N2O3S2/c1-21-14-4-3-12(7-15(14)22-2)18-16(20)8-13-10-24-17(19-13)11-5-6-23-9-11/h3-7,9-10H,8H2,1-2H3,(H,18,20). The van der Waals surface area contributed by atoms with Crippen LogP contribution in [-0.2, 0) is 11.2 Å². The molecule has 0 bridgehead atoms. The molecule has 0 saturated heterocycles. The van der Waals surface area contributed by atoms with Gasteiger partial charge in [0.1, 0.15) is 5.01 Å². The Kier molecular flexibility index (Phi) is 5.12. The summed E-state index contributed by atoms with van der Waals surface area (Å²) in [5.74, 6) is 1.07. The van der Waals surface area contributed by atoms with Crippen LogP contribution in [0.4, 0.5) is 5.69 Å². The highest BCUT2D eigenvalue weighted by Crippen LogP contribution is 2.30. The van der Waals surface area contributed by atoms with Crippen LogP contribution in [0.2, 0.25) is 0 Å². The van der Waals surface area contributed by atoms with Crippen molar-refractivity contribution in [3.8, 4) is 22.1 Å². The summed E-state index contributed by atoms with van der Waals surface area (Å²) >= 11 is 3.18. The van der Waals surface area contributed by atoms with Gasteiger partial charge in [0.05, 0.1) is 26.3 Å². The van der Waals surface area contributed by atoms with E-state index in [1.165, 1.54) is 0 Å². The molecule has 3 aromatic rings. The Balaban J connectivity index is 1.65. The summed E-state index contributed by atoms with van der Waals surface area (Å²) in [6, 6.07) is 7.29. The molecule has 0 aliphatic rings. The predicted octanol–water partition coefficient (Wildman–Crippen LogP) is 4.07. The first-order chi connectivity index (χ1) is 11.7. The minimum Gasteiger partial charge on any atom is -0.493 e. The van der Waals surface area contributed by atoms with Gasteiger partial charge in [0.25, 0.3) is 0 Å². The van der Waals surface area contributed by atoms with E-state index in [-0.39, 0.29) is 12.3 Å². The van der Waals surface area contributed by atoms with Crippen LogP contribution in [0.3, 0.4) is 0 Å². The highest BCUT2D eigenvalue weighted by Gasteiger charge is 2.11. The van der Waals surface area contributed by atoms with Crippen molar-refractivity contribution in [3.05, 3.63) is 46.1 Å². The van der Waals surface area contributed by atoms with Crippen LogP contribution in [0.15, 0.2) is 40.4 Å². The summed E-state index contributed by atoms with van der Waals surface area (Å²) < 4.78 is 10.4.